The van der Waals surface area contributed by atoms with Crippen LogP contribution in [0.25, 0.3) is 0 Å². The Morgan fingerprint density at radius 2 is 2.21 bits per heavy atom. The minimum Gasteiger partial charge on any atom is -0.453 e. The fourth-order valence-corrected chi connectivity index (χ4v) is 2.22. The smallest absolute Gasteiger partial charge is 0.409 e. The quantitative estimate of drug-likeness (QED) is 0.828. The summed E-state index contributed by atoms with van der Waals surface area (Å²) in [6.45, 7) is 0.593. The molecule has 1 aromatic carbocycles. The second-order valence-electron chi connectivity index (χ2n) is 4.73. The molecule has 5 heteroatoms. The van der Waals surface area contributed by atoms with Crippen LogP contribution in [0.2, 0.25) is 0 Å². The third kappa shape index (κ3) is 2.70. The van der Waals surface area contributed by atoms with E-state index in [1.165, 1.54) is 12.0 Å². The van der Waals surface area contributed by atoms with Gasteiger partial charge in [-0.1, -0.05) is 12.1 Å². The van der Waals surface area contributed by atoms with Gasteiger partial charge in [0.05, 0.1) is 13.5 Å². The predicted octanol–water partition coefficient (Wildman–Crippen LogP) is 1.45. The van der Waals surface area contributed by atoms with E-state index in [1.807, 2.05) is 18.2 Å². The van der Waals surface area contributed by atoms with E-state index in [-0.39, 0.29) is 12.0 Å². The van der Waals surface area contributed by atoms with Crippen LogP contribution in [-0.4, -0.2) is 44.7 Å². The van der Waals surface area contributed by atoms with Gasteiger partial charge in [-0.2, -0.15) is 0 Å². The van der Waals surface area contributed by atoms with Gasteiger partial charge in [0.15, 0.2) is 0 Å². The Labute approximate surface area is 112 Å². The topological polar surface area (TPSA) is 49.9 Å². The number of carbonyl (C=O) groups is 2. The Kier molecular flexibility index (Phi) is 3.74. The van der Waals surface area contributed by atoms with Crippen LogP contribution in [0.15, 0.2) is 18.2 Å². The average Bonchev–Trinajstić information content (AvgIpc) is 2.70. The van der Waals surface area contributed by atoms with Crippen molar-refractivity contribution >= 4 is 17.7 Å². The van der Waals surface area contributed by atoms with Crippen LogP contribution < -0.4 is 4.90 Å². The molecule has 0 saturated carbocycles. The normalized spacial score (nSPS) is 13.4. The molecule has 0 fully saturated rings. The molecule has 0 spiro atoms. The fraction of sp³-hybridized carbons (Fsp3) is 0.429. The SMILES string of the molecule is COC(=O)N(C)CCc1ccc2c(c1)CC(=O)N2C. The minimum atomic E-state index is -0.337. The van der Waals surface area contributed by atoms with Crippen LogP contribution in [0.1, 0.15) is 11.1 Å². The molecular formula is C14H18N2O3. The highest BCUT2D eigenvalue weighted by atomic mass is 16.5. The van der Waals surface area contributed by atoms with Crippen LogP contribution in [0.3, 0.4) is 0 Å². The number of ether oxygens (including phenoxy) is 1. The van der Waals surface area contributed by atoms with E-state index in [0.29, 0.717) is 13.0 Å². The van der Waals surface area contributed by atoms with Gasteiger partial charge in [0.25, 0.3) is 0 Å². The van der Waals surface area contributed by atoms with Crippen LogP contribution in [-0.2, 0) is 22.4 Å². The van der Waals surface area contributed by atoms with Gasteiger partial charge in [0.1, 0.15) is 0 Å². The van der Waals surface area contributed by atoms with Gasteiger partial charge in [-0.3, -0.25) is 4.79 Å². The zero-order valence-electron chi connectivity index (χ0n) is 11.5. The van der Waals surface area contributed by atoms with E-state index in [9.17, 15) is 9.59 Å². The molecule has 0 bridgehead atoms. The molecule has 5 nitrogen and oxygen atoms in total. The van der Waals surface area contributed by atoms with Crippen LogP contribution >= 0.6 is 0 Å². The standard InChI is InChI=1S/C14H18N2O3/c1-15(14(18)19-3)7-6-10-4-5-12-11(8-10)9-13(17)16(12)2/h4-5,8H,6-7,9H2,1-3H3. The largest absolute Gasteiger partial charge is 0.453 e. The molecule has 2 rings (SSSR count). The number of benzene rings is 1. The molecule has 0 saturated heterocycles. The van der Waals surface area contributed by atoms with Gasteiger partial charge < -0.3 is 14.5 Å². The third-order valence-corrected chi connectivity index (χ3v) is 3.44. The molecule has 102 valence electrons. The first kappa shape index (κ1) is 13.4. The van der Waals surface area contributed by atoms with Gasteiger partial charge in [0, 0.05) is 26.3 Å². The number of hydrogen-bond acceptors (Lipinski definition) is 3. The summed E-state index contributed by atoms with van der Waals surface area (Å²) in [4.78, 5) is 26.1. The monoisotopic (exact) mass is 262 g/mol. The van der Waals surface area contributed by atoms with E-state index >= 15 is 0 Å². The van der Waals surface area contributed by atoms with Crippen molar-refractivity contribution in [3.05, 3.63) is 29.3 Å². The van der Waals surface area contributed by atoms with Gasteiger partial charge in [-0.15, -0.1) is 0 Å². The summed E-state index contributed by atoms with van der Waals surface area (Å²) < 4.78 is 4.64. The number of nitrogens with zero attached hydrogens (tertiary/aromatic N) is 2. The van der Waals surface area contributed by atoms with Crippen molar-refractivity contribution in [1.82, 2.24) is 4.90 Å². The van der Waals surface area contributed by atoms with E-state index in [4.69, 9.17) is 0 Å². The van der Waals surface area contributed by atoms with E-state index in [1.54, 1.807) is 19.0 Å². The van der Waals surface area contributed by atoms with Gasteiger partial charge in [-0.05, 0) is 23.6 Å². The molecule has 2 amide bonds. The number of likely N-dealkylation sites (N-methyl/N-ethyl adjacent to an activating group) is 2. The molecule has 0 unspecified atom stereocenters. The molecule has 0 aliphatic carbocycles. The Morgan fingerprint density at radius 1 is 1.47 bits per heavy atom. The van der Waals surface area contributed by atoms with Gasteiger partial charge in [0.2, 0.25) is 5.91 Å². The Hall–Kier alpha value is -2.04. The summed E-state index contributed by atoms with van der Waals surface area (Å²) in [6, 6.07) is 6.01. The highest BCUT2D eigenvalue weighted by Crippen LogP contribution is 2.28. The van der Waals surface area contributed by atoms with E-state index in [0.717, 1.165) is 23.2 Å². The first-order chi connectivity index (χ1) is 9.02. The van der Waals surface area contributed by atoms with Crippen LogP contribution in [0.4, 0.5) is 10.5 Å². The van der Waals surface area contributed by atoms with E-state index in [2.05, 4.69) is 4.74 Å². The maximum Gasteiger partial charge on any atom is 0.409 e. The molecule has 1 heterocycles. The first-order valence-electron chi connectivity index (χ1n) is 6.20. The number of rotatable bonds is 3. The lowest BCUT2D eigenvalue weighted by Gasteiger charge is -2.15. The van der Waals surface area contributed by atoms with Crippen molar-refractivity contribution in [2.75, 3.05) is 32.6 Å². The lowest BCUT2D eigenvalue weighted by molar-refractivity contribution is -0.117. The minimum absolute atomic E-state index is 0.124. The van der Waals surface area contributed by atoms with Crippen LogP contribution in [0.5, 0.6) is 0 Å². The Morgan fingerprint density at radius 3 is 2.89 bits per heavy atom. The lowest BCUT2D eigenvalue weighted by Crippen LogP contribution is -2.28. The summed E-state index contributed by atoms with van der Waals surface area (Å²) in [5, 5.41) is 0. The second kappa shape index (κ2) is 5.30. The number of hydrogen-bond donors (Lipinski definition) is 0. The number of methoxy groups -OCH3 is 1. The summed E-state index contributed by atoms with van der Waals surface area (Å²) >= 11 is 0. The summed E-state index contributed by atoms with van der Waals surface area (Å²) in [5.41, 5.74) is 3.17. The van der Waals surface area contributed by atoms with Crippen molar-refractivity contribution in [3.8, 4) is 0 Å². The number of anilines is 1. The molecule has 0 aromatic heterocycles. The van der Waals surface area contributed by atoms with Crippen LogP contribution in [0, 0.1) is 0 Å². The highest BCUT2D eigenvalue weighted by molar-refractivity contribution is 6.00. The lowest BCUT2D eigenvalue weighted by atomic mass is 10.1. The van der Waals surface area contributed by atoms with Crippen molar-refractivity contribution < 1.29 is 14.3 Å². The molecular weight excluding hydrogens is 244 g/mol. The van der Waals surface area contributed by atoms with Gasteiger partial charge >= 0.3 is 6.09 Å². The van der Waals surface area contributed by atoms with Crippen molar-refractivity contribution in [2.24, 2.45) is 0 Å². The molecule has 0 radical (unpaired) electrons. The maximum absolute atomic E-state index is 11.6. The van der Waals surface area contributed by atoms with Gasteiger partial charge in [-0.25, -0.2) is 4.79 Å². The predicted molar refractivity (Wildman–Crippen MR) is 72.3 cm³/mol. The molecule has 0 N–H and O–H groups in total. The number of amides is 2. The summed E-state index contributed by atoms with van der Waals surface area (Å²) in [5.74, 6) is 0.124. The average molecular weight is 262 g/mol. The molecule has 1 aromatic rings. The molecule has 1 aliphatic rings. The Balaban J connectivity index is 2.02. The zero-order valence-corrected chi connectivity index (χ0v) is 11.5. The second-order valence-corrected chi connectivity index (χ2v) is 4.73. The highest BCUT2D eigenvalue weighted by Gasteiger charge is 2.23. The Bertz CT molecular complexity index is 513. The van der Waals surface area contributed by atoms with Crippen molar-refractivity contribution in [3.63, 3.8) is 0 Å². The summed E-state index contributed by atoms with van der Waals surface area (Å²) in [7, 11) is 4.87. The molecule has 19 heavy (non-hydrogen) atoms. The molecule has 0 atom stereocenters. The third-order valence-electron chi connectivity index (χ3n) is 3.44. The number of fused-ring (bicyclic) bond motifs is 1. The van der Waals surface area contributed by atoms with Crippen molar-refractivity contribution in [1.29, 1.82) is 0 Å². The fourth-order valence-electron chi connectivity index (χ4n) is 2.22. The number of carbonyl (C=O) groups excluding carboxylic acids is 2. The molecule has 1 aliphatic heterocycles. The van der Waals surface area contributed by atoms with E-state index < -0.39 is 0 Å². The summed E-state index contributed by atoms with van der Waals surface area (Å²) in [6.07, 6.45) is 0.875. The maximum atomic E-state index is 11.6. The zero-order chi connectivity index (χ0) is 14.0. The first-order valence-corrected chi connectivity index (χ1v) is 6.20. The van der Waals surface area contributed by atoms with Crippen molar-refractivity contribution in [2.45, 2.75) is 12.8 Å².